The molecule has 0 saturated heterocycles. The Morgan fingerprint density at radius 3 is 2.73 bits per heavy atom. The first-order valence-corrected chi connectivity index (χ1v) is 7.81. The lowest BCUT2D eigenvalue weighted by atomic mass is 10.2. The highest BCUT2D eigenvalue weighted by atomic mass is 35.5. The fraction of sp³-hybridized carbons (Fsp3) is 0.188. The van der Waals surface area contributed by atoms with Crippen LogP contribution >= 0.6 is 11.6 Å². The molecular formula is C16H13ClF3N5O. The molecular weight excluding hydrogens is 371 g/mol. The van der Waals surface area contributed by atoms with Crippen LogP contribution in [0.3, 0.4) is 0 Å². The fourth-order valence-corrected chi connectivity index (χ4v) is 2.52. The Morgan fingerprint density at radius 1 is 1.31 bits per heavy atom. The van der Waals surface area contributed by atoms with Gasteiger partial charge in [0.25, 0.3) is 0 Å². The van der Waals surface area contributed by atoms with Crippen molar-refractivity contribution in [1.29, 1.82) is 0 Å². The third kappa shape index (κ3) is 3.72. The molecule has 26 heavy (non-hydrogen) atoms. The zero-order valence-corrected chi connectivity index (χ0v) is 14.2. The maximum Gasteiger partial charge on any atom is 0.416 e. The predicted molar refractivity (Wildman–Crippen MR) is 91.7 cm³/mol. The Hall–Kier alpha value is -2.81. The first-order chi connectivity index (χ1) is 12.3. The number of aromatic nitrogens is 2. The van der Waals surface area contributed by atoms with Crippen LogP contribution in [-0.2, 0) is 6.18 Å². The molecule has 136 valence electrons. The van der Waals surface area contributed by atoms with Gasteiger partial charge in [-0.05, 0) is 31.2 Å². The van der Waals surface area contributed by atoms with E-state index in [9.17, 15) is 18.0 Å². The van der Waals surface area contributed by atoms with E-state index in [-0.39, 0.29) is 23.2 Å². The van der Waals surface area contributed by atoms with Crippen molar-refractivity contribution in [3.8, 4) is 5.69 Å². The van der Waals surface area contributed by atoms with Crippen molar-refractivity contribution in [2.45, 2.75) is 13.1 Å². The molecule has 0 bridgehead atoms. The number of aryl methyl sites for hydroxylation is 1. The number of halogens is 4. The number of benzene rings is 1. The van der Waals surface area contributed by atoms with Crippen LogP contribution in [0.15, 0.2) is 41.5 Å². The zero-order valence-electron chi connectivity index (χ0n) is 13.5. The second-order valence-electron chi connectivity index (χ2n) is 5.46. The number of nitrogens with zero attached hydrogens (tertiary/aromatic N) is 4. The van der Waals surface area contributed by atoms with Crippen molar-refractivity contribution in [3.63, 3.8) is 0 Å². The lowest BCUT2D eigenvalue weighted by molar-refractivity contribution is -0.137. The summed E-state index contributed by atoms with van der Waals surface area (Å²) >= 11 is 6.07. The Kier molecular flexibility index (Phi) is 4.73. The number of carbonyl (C=O) groups excluding carboxylic acids is 1. The van der Waals surface area contributed by atoms with Crippen molar-refractivity contribution in [2.75, 3.05) is 12.0 Å². The summed E-state index contributed by atoms with van der Waals surface area (Å²) in [7, 11) is 0. The van der Waals surface area contributed by atoms with Gasteiger partial charge in [0.1, 0.15) is 12.5 Å². The minimum Gasteiger partial charge on any atom is -0.292 e. The van der Waals surface area contributed by atoms with Gasteiger partial charge in [-0.3, -0.25) is 15.2 Å². The van der Waals surface area contributed by atoms with Gasteiger partial charge in [-0.25, -0.2) is 9.48 Å². The van der Waals surface area contributed by atoms with E-state index in [4.69, 9.17) is 11.6 Å². The van der Waals surface area contributed by atoms with E-state index in [0.717, 1.165) is 18.2 Å². The van der Waals surface area contributed by atoms with Crippen LogP contribution < -0.4 is 5.32 Å². The van der Waals surface area contributed by atoms with Gasteiger partial charge in [-0.1, -0.05) is 11.6 Å². The Labute approximate surface area is 151 Å². The lowest BCUT2D eigenvalue weighted by Gasteiger charge is -2.19. The molecule has 0 atom stereocenters. The SMILES string of the molecule is Cc1cc(NC(=O)N2C=CC=NC2)n(-c2cc(C(F)(F)F)ccc2Cl)n1. The standard InChI is InChI=1S/C16H13ClF3N5O/c1-10-7-14(22-15(26)24-6-2-5-21-9-24)25(23-10)13-8-11(16(18,19)20)3-4-12(13)17/h2-8H,9H2,1H3,(H,22,26). The fourth-order valence-electron chi connectivity index (χ4n) is 2.32. The molecule has 0 saturated carbocycles. The minimum atomic E-state index is -4.53. The largest absolute Gasteiger partial charge is 0.416 e. The number of aliphatic imine (C=N–C) groups is 1. The molecule has 3 rings (SSSR count). The van der Waals surface area contributed by atoms with Gasteiger partial charge >= 0.3 is 12.2 Å². The van der Waals surface area contributed by atoms with E-state index < -0.39 is 17.8 Å². The van der Waals surface area contributed by atoms with Crippen LogP contribution in [-0.4, -0.2) is 33.6 Å². The molecule has 0 fully saturated rings. The van der Waals surface area contributed by atoms with E-state index in [1.807, 2.05) is 0 Å². The summed E-state index contributed by atoms with van der Waals surface area (Å²) in [6, 6.07) is 3.95. The highest BCUT2D eigenvalue weighted by molar-refractivity contribution is 6.32. The first-order valence-electron chi connectivity index (χ1n) is 7.44. The molecule has 1 aromatic heterocycles. The van der Waals surface area contributed by atoms with Crippen LogP contribution in [0.1, 0.15) is 11.3 Å². The summed E-state index contributed by atoms with van der Waals surface area (Å²) in [4.78, 5) is 17.6. The molecule has 1 aliphatic heterocycles. The lowest BCUT2D eigenvalue weighted by Crippen LogP contribution is -2.32. The Morgan fingerprint density at radius 2 is 2.08 bits per heavy atom. The van der Waals surface area contributed by atoms with Crippen molar-refractivity contribution in [2.24, 2.45) is 4.99 Å². The van der Waals surface area contributed by atoms with Gasteiger partial charge in [-0.15, -0.1) is 0 Å². The number of allylic oxidation sites excluding steroid dienone is 1. The van der Waals surface area contributed by atoms with Crippen LogP contribution in [0.25, 0.3) is 5.69 Å². The molecule has 0 aliphatic carbocycles. The van der Waals surface area contributed by atoms with E-state index in [1.54, 1.807) is 19.2 Å². The quantitative estimate of drug-likeness (QED) is 0.843. The number of carbonyl (C=O) groups is 1. The molecule has 0 spiro atoms. The highest BCUT2D eigenvalue weighted by Gasteiger charge is 2.31. The molecule has 1 N–H and O–H groups in total. The first kappa shape index (κ1) is 18.0. The number of rotatable bonds is 2. The molecule has 2 aromatic rings. The average Bonchev–Trinajstić information content (AvgIpc) is 2.95. The summed E-state index contributed by atoms with van der Waals surface area (Å²) in [5.41, 5.74) is -0.353. The molecule has 1 aromatic carbocycles. The summed E-state index contributed by atoms with van der Waals surface area (Å²) < 4.78 is 40.2. The van der Waals surface area contributed by atoms with Crippen molar-refractivity contribution >= 4 is 29.7 Å². The summed E-state index contributed by atoms with van der Waals surface area (Å²) in [5.74, 6) is 0.191. The Balaban J connectivity index is 1.96. The minimum absolute atomic E-state index is 0.0112. The van der Waals surface area contributed by atoms with E-state index in [2.05, 4.69) is 15.4 Å². The molecule has 2 amide bonds. The topological polar surface area (TPSA) is 62.5 Å². The maximum atomic E-state index is 13.0. The number of nitrogens with one attached hydrogen (secondary N) is 1. The van der Waals surface area contributed by atoms with Gasteiger partial charge in [0.2, 0.25) is 0 Å². The summed E-state index contributed by atoms with van der Waals surface area (Å²) in [6.45, 7) is 1.79. The third-order valence-corrected chi connectivity index (χ3v) is 3.84. The second-order valence-corrected chi connectivity index (χ2v) is 5.87. The number of hydrogen-bond donors (Lipinski definition) is 1. The van der Waals surface area contributed by atoms with Crippen molar-refractivity contribution in [3.05, 3.63) is 52.8 Å². The number of amides is 2. The number of anilines is 1. The molecule has 0 radical (unpaired) electrons. The molecule has 10 heteroatoms. The highest BCUT2D eigenvalue weighted by Crippen LogP contribution is 2.34. The smallest absolute Gasteiger partial charge is 0.292 e. The van der Waals surface area contributed by atoms with Crippen LogP contribution in [0.2, 0.25) is 5.02 Å². The predicted octanol–water partition coefficient (Wildman–Crippen LogP) is 4.24. The van der Waals surface area contributed by atoms with Gasteiger partial charge in [0.15, 0.2) is 0 Å². The molecule has 2 heterocycles. The number of hydrogen-bond acceptors (Lipinski definition) is 3. The average molecular weight is 384 g/mol. The van der Waals surface area contributed by atoms with E-state index >= 15 is 0 Å². The van der Waals surface area contributed by atoms with Gasteiger partial charge in [-0.2, -0.15) is 18.3 Å². The third-order valence-electron chi connectivity index (χ3n) is 3.52. The summed E-state index contributed by atoms with van der Waals surface area (Å²) in [6.07, 6.45) is 0.157. The number of urea groups is 1. The monoisotopic (exact) mass is 383 g/mol. The normalized spacial score (nSPS) is 14.0. The number of alkyl halides is 3. The van der Waals surface area contributed by atoms with E-state index in [1.165, 1.54) is 21.8 Å². The van der Waals surface area contributed by atoms with Crippen LogP contribution in [0, 0.1) is 6.92 Å². The second kappa shape index (κ2) is 6.83. The van der Waals surface area contributed by atoms with E-state index in [0.29, 0.717) is 5.69 Å². The van der Waals surface area contributed by atoms with Crippen LogP contribution in [0.5, 0.6) is 0 Å². The van der Waals surface area contributed by atoms with Gasteiger partial charge < -0.3 is 0 Å². The molecule has 0 unspecified atom stereocenters. The van der Waals surface area contributed by atoms with Gasteiger partial charge in [0.05, 0.1) is 22.0 Å². The van der Waals surface area contributed by atoms with Crippen molar-refractivity contribution in [1.82, 2.24) is 14.7 Å². The molecule has 1 aliphatic rings. The zero-order chi connectivity index (χ0) is 18.9. The van der Waals surface area contributed by atoms with Gasteiger partial charge in [0, 0.05) is 18.5 Å². The Bertz CT molecular complexity index is 904. The molecule has 6 nitrogen and oxygen atoms in total. The summed E-state index contributed by atoms with van der Waals surface area (Å²) in [5, 5.41) is 6.82. The van der Waals surface area contributed by atoms with Crippen LogP contribution in [0.4, 0.5) is 23.8 Å². The maximum absolute atomic E-state index is 13.0. The van der Waals surface area contributed by atoms with Crippen molar-refractivity contribution < 1.29 is 18.0 Å².